The number of benzene rings is 1. The van der Waals surface area contributed by atoms with Gasteiger partial charge in [0.05, 0.1) is 13.7 Å². The van der Waals surface area contributed by atoms with Gasteiger partial charge >= 0.3 is 0 Å². The van der Waals surface area contributed by atoms with Crippen molar-refractivity contribution in [3.05, 3.63) is 22.7 Å². The summed E-state index contributed by atoms with van der Waals surface area (Å²) in [7, 11) is 1.60. The van der Waals surface area contributed by atoms with Gasteiger partial charge in [0.15, 0.2) is 11.5 Å². The van der Waals surface area contributed by atoms with Crippen molar-refractivity contribution in [1.29, 1.82) is 0 Å². The average Bonchev–Trinajstić information content (AvgIpc) is 2.38. The van der Waals surface area contributed by atoms with E-state index in [1.54, 1.807) is 13.2 Å². The largest absolute Gasteiger partial charge is 0.493 e. The fourth-order valence-corrected chi connectivity index (χ4v) is 2.19. The van der Waals surface area contributed by atoms with Crippen LogP contribution in [0, 0.1) is 5.92 Å². The molecule has 1 unspecified atom stereocenters. The lowest BCUT2D eigenvalue weighted by atomic mass is 10.1. The molecule has 21 heavy (non-hydrogen) atoms. The van der Waals surface area contributed by atoms with Crippen LogP contribution in [-0.2, 0) is 11.2 Å². The summed E-state index contributed by atoms with van der Waals surface area (Å²) in [5, 5.41) is 0.617. The molecule has 1 aromatic rings. The Morgan fingerprint density at radius 2 is 1.90 bits per heavy atom. The zero-order valence-corrected chi connectivity index (χ0v) is 14.1. The van der Waals surface area contributed by atoms with Crippen molar-refractivity contribution in [2.75, 3.05) is 26.9 Å². The zero-order valence-electron chi connectivity index (χ0n) is 13.3. The van der Waals surface area contributed by atoms with Crippen LogP contribution in [0.4, 0.5) is 0 Å². The number of hydrogen-bond donors (Lipinski definition) is 1. The fraction of sp³-hybridized carbons (Fsp3) is 0.625. The third-order valence-electron chi connectivity index (χ3n) is 2.78. The molecule has 120 valence electrons. The van der Waals surface area contributed by atoms with Gasteiger partial charge in [0.25, 0.3) is 0 Å². The van der Waals surface area contributed by atoms with Crippen LogP contribution in [0.1, 0.15) is 26.3 Å². The molecule has 1 rings (SSSR count). The van der Waals surface area contributed by atoms with Crippen LogP contribution in [0.5, 0.6) is 11.5 Å². The van der Waals surface area contributed by atoms with Gasteiger partial charge in [-0.15, -0.1) is 0 Å². The molecule has 0 aromatic heterocycles. The number of hydrogen-bond acceptors (Lipinski definition) is 4. The summed E-state index contributed by atoms with van der Waals surface area (Å²) < 4.78 is 16.7. The maximum absolute atomic E-state index is 6.10. The number of methoxy groups -OCH3 is 1. The highest BCUT2D eigenvalue weighted by Gasteiger charge is 2.14. The van der Waals surface area contributed by atoms with Crippen molar-refractivity contribution in [3.63, 3.8) is 0 Å². The summed E-state index contributed by atoms with van der Waals surface area (Å²) in [5.41, 5.74) is 6.84. The Balaban J connectivity index is 2.73. The first-order valence-corrected chi connectivity index (χ1v) is 7.64. The Hall–Kier alpha value is -0.970. The molecule has 0 aliphatic rings. The summed E-state index contributed by atoms with van der Waals surface area (Å²) in [6, 6.07) is 3.64. The molecular formula is C16H26ClNO3. The second-order valence-electron chi connectivity index (χ2n) is 5.59. The Bertz CT molecular complexity index is 436. The van der Waals surface area contributed by atoms with Crippen LogP contribution >= 0.6 is 11.6 Å². The summed E-state index contributed by atoms with van der Waals surface area (Å²) in [6.07, 6.45) is 0.680. The van der Waals surface area contributed by atoms with Crippen molar-refractivity contribution in [2.45, 2.75) is 33.2 Å². The standard InChI is InChI=1S/C16H26ClNO3/c1-11(2)10-20-5-6-21-16-13(7-12(3)18)8-14(17)9-15(16)19-4/h8-9,11-12H,5-7,10,18H2,1-4H3. The van der Waals surface area contributed by atoms with Crippen molar-refractivity contribution in [3.8, 4) is 11.5 Å². The van der Waals surface area contributed by atoms with E-state index in [0.717, 1.165) is 12.2 Å². The van der Waals surface area contributed by atoms with E-state index in [0.29, 0.717) is 42.1 Å². The van der Waals surface area contributed by atoms with Crippen LogP contribution in [0.25, 0.3) is 0 Å². The van der Waals surface area contributed by atoms with Crippen LogP contribution in [-0.4, -0.2) is 33.0 Å². The van der Waals surface area contributed by atoms with Gasteiger partial charge in [0.2, 0.25) is 0 Å². The molecule has 0 heterocycles. The van der Waals surface area contributed by atoms with Crippen molar-refractivity contribution < 1.29 is 14.2 Å². The highest BCUT2D eigenvalue weighted by Crippen LogP contribution is 2.35. The van der Waals surface area contributed by atoms with Gasteiger partial charge < -0.3 is 19.9 Å². The van der Waals surface area contributed by atoms with Crippen LogP contribution in [0.15, 0.2) is 12.1 Å². The quantitative estimate of drug-likeness (QED) is 0.710. The van der Waals surface area contributed by atoms with Crippen molar-refractivity contribution in [1.82, 2.24) is 0 Å². The fourth-order valence-electron chi connectivity index (χ4n) is 1.96. The van der Waals surface area contributed by atoms with Gasteiger partial charge in [-0.05, 0) is 25.3 Å². The van der Waals surface area contributed by atoms with E-state index in [2.05, 4.69) is 13.8 Å². The predicted octanol–water partition coefficient (Wildman–Crippen LogP) is 3.29. The van der Waals surface area contributed by atoms with Gasteiger partial charge in [-0.3, -0.25) is 0 Å². The van der Waals surface area contributed by atoms with Gasteiger partial charge in [0.1, 0.15) is 6.61 Å². The molecule has 0 fully saturated rings. The Kier molecular flexibility index (Phi) is 7.86. The molecule has 0 saturated carbocycles. The monoisotopic (exact) mass is 315 g/mol. The van der Waals surface area contributed by atoms with E-state index in [9.17, 15) is 0 Å². The molecule has 0 bridgehead atoms. The van der Waals surface area contributed by atoms with Gasteiger partial charge in [-0.1, -0.05) is 25.4 Å². The van der Waals surface area contributed by atoms with Gasteiger partial charge in [-0.2, -0.15) is 0 Å². The van der Waals surface area contributed by atoms with E-state index >= 15 is 0 Å². The first kappa shape index (κ1) is 18.1. The smallest absolute Gasteiger partial charge is 0.164 e. The third-order valence-corrected chi connectivity index (χ3v) is 3.00. The third kappa shape index (κ3) is 6.55. The molecule has 0 aliphatic heterocycles. The Morgan fingerprint density at radius 1 is 1.19 bits per heavy atom. The van der Waals surface area contributed by atoms with Crippen LogP contribution in [0.2, 0.25) is 5.02 Å². The maximum atomic E-state index is 6.10. The average molecular weight is 316 g/mol. The molecule has 2 N–H and O–H groups in total. The molecule has 0 radical (unpaired) electrons. The molecule has 0 saturated heterocycles. The molecule has 0 spiro atoms. The number of halogens is 1. The highest BCUT2D eigenvalue weighted by molar-refractivity contribution is 6.30. The molecule has 0 aliphatic carbocycles. The number of rotatable bonds is 9. The lowest BCUT2D eigenvalue weighted by molar-refractivity contribution is 0.0808. The summed E-state index contributed by atoms with van der Waals surface area (Å²) >= 11 is 6.10. The second kappa shape index (κ2) is 9.13. The van der Waals surface area contributed by atoms with Crippen molar-refractivity contribution >= 4 is 11.6 Å². The van der Waals surface area contributed by atoms with E-state index in [-0.39, 0.29) is 6.04 Å². The Morgan fingerprint density at radius 3 is 2.48 bits per heavy atom. The molecule has 0 amide bonds. The van der Waals surface area contributed by atoms with E-state index in [1.807, 2.05) is 13.0 Å². The molecule has 1 atom stereocenters. The first-order valence-electron chi connectivity index (χ1n) is 7.26. The molecule has 1 aromatic carbocycles. The molecule has 4 nitrogen and oxygen atoms in total. The van der Waals surface area contributed by atoms with Gasteiger partial charge in [0, 0.05) is 29.3 Å². The molecular weight excluding hydrogens is 290 g/mol. The maximum Gasteiger partial charge on any atom is 0.164 e. The molecule has 5 heteroatoms. The summed E-state index contributed by atoms with van der Waals surface area (Å²) in [6.45, 7) is 7.92. The first-order chi connectivity index (χ1) is 9.93. The Labute approximate surface area is 132 Å². The number of nitrogens with two attached hydrogens (primary N) is 1. The van der Waals surface area contributed by atoms with Gasteiger partial charge in [-0.25, -0.2) is 0 Å². The summed E-state index contributed by atoms with van der Waals surface area (Å²) in [5.74, 6) is 1.85. The zero-order chi connectivity index (χ0) is 15.8. The van der Waals surface area contributed by atoms with E-state index in [1.165, 1.54) is 0 Å². The normalized spacial score (nSPS) is 12.5. The van der Waals surface area contributed by atoms with E-state index < -0.39 is 0 Å². The minimum Gasteiger partial charge on any atom is -0.493 e. The summed E-state index contributed by atoms with van der Waals surface area (Å²) in [4.78, 5) is 0. The minimum absolute atomic E-state index is 0.0210. The van der Waals surface area contributed by atoms with Crippen LogP contribution in [0.3, 0.4) is 0 Å². The topological polar surface area (TPSA) is 53.7 Å². The van der Waals surface area contributed by atoms with Crippen molar-refractivity contribution in [2.24, 2.45) is 11.7 Å². The second-order valence-corrected chi connectivity index (χ2v) is 6.03. The predicted molar refractivity (Wildman–Crippen MR) is 86.5 cm³/mol. The highest BCUT2D eigenvalue weighted by atomic mass is 35.5. The SMILES string of the molecule is COc1cc(Cl)cc(CC(C)N)c1OCCOCC(C)C. The lowest BCUT2D eigenvalue weighted by Crippen LogP contribution is -2.19. The van der Waals surface area contributed by atoms with E-state index in [4.69, 9.17) is 31.5 Å². The van der Waals surface area contributed by atoms with Crippen LogP contribution < -0.4 is 15.2 Å². The number of ether oxygens (including phenoxy) is 3. The lowest BCUT2D eigenvalue weighted by Gasteiger charge is -2.17. The minimum atomic E-state index is 0.0210.